The standard InChI is InChI=1S/C16H16N4O2/c1-11-15(22-2)19-14-13(17-8-9-18-14)16(21)20(11)10-12-6-4-3-5-7-12/h3-9,11H,10H2,1-2H3/t11-/m0/s1. The highest BCUT2D eigenvalue weighted by atomic mass is 16.5. The molecule has 0 unspecified atom stereocenters. The highest BCUT2D eigenvalue weighted by Gasteiger charge is 2.32. The fourth-order valence-electron chi connectivity index (χ4n) is 2.41. The molecule has 0 N–H and O–H groups in total. The summed E-state index contributed by atoms with van der Waals surface area (Å²) in [7, 11) is 1.54. The van der Waals surface area contributed by atoms with Crippen LogP contribution in [0.1, 0.15) is 23.0 Å². The Bertz CT molecular complexity index is 715. The third kappa shape index (κ3) is 2.55. The van der Waals surface area contributed by atoms with E-state index in [0.29, 0.717) is 18.3 Å². The normalized spacial score (nSPS) is 17.5. The van der Waals surface area contributed by atoms with Gasteiger partial charge in [-0.2, -0.15) is 4.99 Å². The zero-order valence-electron chi connectivity index (χ0n) is 12.4. The van der Waals surface area contributed by atoms with Crippen LogP contribution in [0.2, 0.25) is 0 Å². The summed E-state index contributed by atoms with van der Waals surface area (Å²) < 4.78 is 5.34. The smallest absolute Gasteiger partial charge is 0.277 e. The number of carbonyl (C=O) groups excluding carboxylic acids is 1. The van der Waals surface area contributed by atoms with E-state index in [0.717, 1.165) is 5.56 Å². The molecule has 3 rings (SSSR count). The quantitative estimate of drug-likeness (QED) is 0.852. The summed E-state index contributed by atoms with van der Waals surface area (Å²) in [6.07, 6.45) is 3.01. The van der Waals surface area contributed by atoms with E-state index in [1.807, 2.05) is 37.3 Å². The largest absolute Gasteiger partial charge is 0.483 e. The minimum absolute atomic E-state index is 0.199. The van der Waals surface area contributed by atoms with E-state index < -0.39 is 0 Å². The minimum atomic E-state index is -0.297. The molecule has 1 aliphatic heterocycles. The number of nitrogens with zero attached hydrogens (tertiary/aromatic N) is 4. The van der Waals surface area contributed by atoms with Crippen LogP contribution in [0, 0.1) is 0 Å². The minimum Gasteiger partial charge on any atom is -0.483 e. The Labute approximate surface area is 128 Å². The second-order valence-electron chi connectivity index (χ2n) is 4.98. The highest BCUT2D eigenvalue weighted by molar-refractivity contribution is 6.02. The Balaban J connectivity index is 2.02. The number of hydrogen-bond acceptors (Lipinski definition) is 5. The van der Waals surface area contributed by atoms with Crippen LogP contribution in [-0.2, 0) is 11.3 Å². The van der Waals surface area contributed by atoms with Gasteiger partial charge in [0.1, 0.15) is 6.04 Å². The summed E-state index contributed by atoms with van der Waals surface area (Å²) in [4.78, 5) is 27.1. The van der Waals surface area contributed by atoms with Crippen molar-refractivity contribution in [2.75, 3.05) is 7.11 Å². The van der Waals surface area contributed by atoms with Gasteiger partial charge in [-0.25, -0.2) is 9.97 Å². The maximum absolute atomic E-state index is 12.8. The van der Waals surface area contributed by atoms with Gasteiger partial charge in [0.25, 0.3) is 5.91 Å². The number of rotatable bonds is 2. The van der Waals surface area contributed by atoms with E-state index in [1.165, 1.54) is 12.4 Å². The van der Waals surface area contributed by atoms with Crippen LogP contribution < -0.4 is 0 Å². The first-order chi connectivity index (χ1) is 10.7. The molecule has 1 aromatic carbocycles. The van der Waals surface area contributed by atoms with Crippen molar-refractivity contribution in [3.05, 3.63) is 54.0 Å². The Kier molecular flexibility index (Phi) is 3.82. The fourth-order valence-corrected chi connectivity index (χ4v) is 2.41. The molecule has 0 aliphatic carbocycles. The second kappa shape index (κ2) is 5.93. The molecule has 1 atom stereocenters. The molecule has 0 saturated heterocycles. The van der Waals surface area contributed by atoms with Crippen molar-refractivity contribution in [3.8, 4) is 0 Å². The lowest BCUT2D eigenvalue weighted by Crippen LogP contribution is -2.42. The van der Waals surface area contributed by atoms with Gasteiger partial charge in [0.05, 0.1) is 7.11 Å². The molecule has 0 fully saturated rings. The molecule has 2 aromatic rings. The Morgan fingerprint density at radius 2 is 1.91 bits per heavy atom. The van der Waals surface area contributed by atoms with E-state index >= 15 is 0 Å². The van der Waals surface area contributed by atoms with Crippen molar-refractivity contribution < 1.29 is 9.53 Å². The molecule has 6 heteroatoms. The van der Waals surface area contributed by atoms with Crippen LogP contribution in [0.5, 0.6) is 0 Å². The fraction of sp³-hybridized carbons (Fsp3) is 0.250. The SMILES string of the molecule is COC1=Nc2nccnc2C(=O)N(Cc2ccccc2)[C@H]1C. The van der Waals surface area contributed by atoms with Gasteiger partial charge in [-0.05, 0) is 12.5 Å². The summed E-state index contributed by atoms with van der Waals surface area (Å²) in [6, 6.07) is 9.50. The predicted molar refractivity (Wildman–Crippen MR) is 81.9 cm³/mol. The maximum atomic E-state index is 12.8. The lowest BCUT2D eigenvalue weighted by atomic mass is 10.1. The molecule has 2 heterocycles. The molecule has 0 saturated carbocycles. The number of aromatic nitrogens is 2. The van der Waals surface area contributed by atoms with Gasteiger partial charge < -0.3 is 9.64 Å². The van der Waals surface area contributed by atoms with Crippen molar-refractivity contribution >= 4 is 17.6 Å². The maximum Gasteiger partial charge on any atom is 0.277 e. The number of fused-ring (bicyclic) bond motifs is 1. The van der Waals surface area contributed by atoms with E-state index in [9.17, 15) is 4.79 Å². The lowest BCUT2D eigenvalue weighted by Gasteiger charge is -2.27. The van der Waals surface area contributed by atoms with Crippen LogP contribution >= 0.6 is 0 Å². The zero-order chi connectivity index (χ0) is 15.5. The molecular weight excluding hydrogens is 280 g/mol. The Morgan fingerprint density at radius 1 is 1.18 bits per heavy atom. The number of aliphatic imine (C=N–C) groups is 1. The summed E-state index contributed by atoms with van der Waals surface area (Å²) in [5.41, 5.74) is 1.28. The summed E-state index contributed by atoms with van der Waals surface area (Å²) >= 11 is 0. The molecule has 112 valence electrons. The topological polar surface area (TPSA) is 67.7 Å². The van der Waals surface area contributed by atoms with Gasteiger partial charge >= 0.3 is 0 Å². The monoisotopic (exact) mass is 296 g/mol. The average Bonchev–Trinajstić information content (AvgIpc) is 2.66. The third-order valence-electron chi connectivity index (χ3n) is 3.59. The van der Waals surface area contributed by atoms with Crippen LogP contribution in [0.3, 0.4) is 0 Å². The molecule has 6 nitrogen and oxygen atoms in total. The van der Waals surface area contributed by atoms with E-state index in [-0.39, 0.29) is 17.6 Å². The number of benzene rings is 1. The molecule has 1 amide bonds. The number of ether oxygens (including phenoxy) is 1. The van der Waals surface area contributed by atoms with E-state index in [2.05, 4.69) is 15.0 Å². The molecule has 1 aromatic heterocycles. The van der Waals surface area contributed by atoms with E-state index in [4.69, 9.17) is 4.74 Å². The van der Waals surface area contributed by atoms with Crippen molar-refractivity contribution in [1.82, 2.24) is 14.9 Å². The summed E-state index contributed by atoms with van der Waals surface area (Å²) in [5, 5.41) is 0. The first-order valence-electron chi connectivity index (χ1n) is 6.99. The predicted octanol–water partition coefficient (Wildman–Crippen LogP) is 2.20. The number of methoxy groups -OCH3 is 1. The Hall–Kier alpha value is -2.76. The molecule has 0 radical (unpaired) electrons. The van der Waals surface area contributed by atoms with Crippen LogP contribution in [0.4, 0.5) is 5.82 Å². The highest BCUT2D eigenvalue weighted by Crippen LogP contribution is 2.23. The van der Waals surface area contributed by atoms with Crippen LogP contribution in [0.15, 0.2) is 47.7 Å². The molecule has 0 spiro atoms. The van der Waals surface area contributed by atoms with Crippen molar-refractivity contribution in [3.63, 3.8) is 0 Å². The van der Waals surface area contributed by atoms with E-state index in [1.54, 1.807) is 12.0 Å². The number of carbonyl (C=O) groups is 1. The van der Waals surface area contributed by atoms with Crippen LogP contribution in [0.25, 0.3) is 0 Å². The Morgan fingerprint density at radius 3 is 2.64 bits per heavy atom. The third-order valence-corrected chi connectivity index (χ3v) is 3.59. The summed E-state index contributed by atoms with van der Waals surface area (Å²) in [6.45, 7) is 2.34. The van der Waals surface area contributed by atoms with Crippen molar-refractivity contribution in [2.45, 2.75) is 19.5 Å². The van der Waals surface area contributed by atoms with Gasteiger partial charge in [0.15, 0.2) is 11.5 Å². The number of hydrogen-bond donors (Lipinski definition) is 0. The van der Waals surface area contributed by atoms with Gasteiger partial charge in [0.2, 0.25) is 5.90 Å². The van der Waals surface area contributed by atoms with Crippen molar-refractivity contribution in [1.29, 1.82) is 0 Å². The molecule has 22 heavy (non-hydrogen) atoms. The molecular formula is C16H16N4O2. The van der Waals surface area contributed by atoms with Gasteiger partial charge in [-0.3, -0.25) is 4.79 Å². The van der Waals surface area contributed by atoms with Gasteiger partial charge in [0, 0.05) is 18.9 Å². The first kappa shape index (κ1) is 14.2. The van der Waals surface area contributed by atoms with Gasteiger partial charge in [-0.1, -0.05) is 30.3 Å². The molecule has 1 aliphatic rings. The first-order valence-corrected chi connectivity index (χ1v) is 6.99. The number of amides is 1. The second-order valence-corrected chi connectivity index (χ2v) is 4.98. The van der Waals surface area contributed by atoms with Crippen LogP contribution in [-0.4, -0.2) is 39.8 Å². The van der Waals surface area contributed by atoms with Crippen molar-refractivity contribution in [2.24, 2.45) is 4.99 Å². The van der Waals surface area contributed by atoms with Gasteiger partial charge in [-0.15, -0.1) is 0 Å². The lowest BCUT2D eigenvalue weighted by molar-refractivity contribution is 0.0705. The molecule has 0 bridgehead atoms. The zero-order valence-corrected chi connectivity index (χ0v) is 12.4. The average molecular weight is 296 g/mol. The summed E-state index contributed by atoms with van der Waals surface area (Å²) in [5.74, 6) is 0.547.